The maximum absolute atomic E-state index is 6.11. The molecule has 4 unspecified atom stereocenters. The molecule has 3 aliphatic rings. The van der Waals surface area contributed by atoms with Crippen LogP contribution in [-0.2, 0) is 4.74 Å². The van der Waals surface area contributed by atoms with Gasteiger partial charge in [0.05, 0.1) is 12.2 Å². The zero-order valence-corrected chi connectivity index (χ0v) is 8.52. The molecule has 0 aromatic rings. The van der Waals surface area contributed by atoms with Gasteiger partial charge in [0.25, 0.3) is 0 Å². The fourth-order valence-corrected chi connectivity index (χ4v) is 2.82. The van der Waals surface area contributed by atoms with E-state index in [1.54, 1.807) is 0 Å². The van der Waals surface area contributed by atoms with Crippen molar-refractivity contribution in [1.29, 1.82) is 0 Å². The van der Waals surface area contributed by atoms with E-state index in [2.05, 4.69) is 37.3 Å². The molecule has 1 fully saturated rings. The number of allylic oxidation sites excluding steroid dienone is 3. The number of fused-ring (bicyclic) bond motifs is 3. The lowest BCUT2D eigenvalue weighted by Gasteiger charge is -2.20. The van der Waals surface area contributed by atoms with E-state index in [9.17, 15) is 0 Å². The Hall–Kier alpha value is -0.820. The normalized spacial score (nSPS) is 44.5. The van der Waals surface area contributed by atoms with Gasteiger partial charge in [-0.05, 0) is 18.4 Å². The molecule has 0 saturated carbocycles. The molecule has 1 saturated heterocycles. The lowest BCUT2D eigenvalue weighted by atomic mass is 9.82. The second kappa shape index (κ2) is 3.09. The zero-order valence-electron chi connectivity index (χ0n) is 8.52. The molecule has 14 heavy (non-hydrogen) atoms. The van der Waals surface area contributed by atoms with Crippen molar-refractivity contribution in [3.8, 4) is 0 Å². The van der Waals surface area contributed by atoms with Crippen LogP contribution >= 0.6 is 0 Å². The molecule has 74 valence electrons. The molecule has 1 heterocycles. The minimum absolute atomic E-state index is 0.359. The van der Waals surface area contributed by atoms with Crippen LogP contribution in [0.15, 0.2) is 36.0 Å². The topological polar surface area (TPSA) is 9.23 Å². The minimum atomic E-state index is 0.359. The van der Waals surface area contributed by atoms with Crippen LogP contribution < -0.4 is 0 Å². The summed E-state index contributed by atoms with van der Waals surface area (Å²) in [5.74, 6) is 1.12. The lowest BCUT2D eigenvalue weighted by Crippen LogP contribution is -2.20. The van der Waals surface area contributed by atoms with Gasteiger partial charge in [-0.25, -0.2) is 0 Å². The Morgan fingerprint density at radius 1 is 1.36 bits per heavy atom. The second-order valence-corrected chi connectivity index (χ2v) is 4.54. The number of rotatable bonds is 0. The molecule has 0 aromatic carbocycles. The van der Waals surface area contributed by atoms with Crippen molar-refractivity contribution in [2.24, 2.45) is 11.8 Å². The maximum Gasteiger partial charge on any atom is 0.0858 e. The summed E-state index contributed by atoms with van der Waals surface area (Å²) in [6.07, 6.45) is 14.5. The molecule has 0 amide bonds. The molecule has 0 bridgehead atoms. The quantitative estimate of drug-likeness (QED) is 0.531. The van der Waals surface area contributed by atoms with Gasteiger partial charge < -0.3 is 4.74 Å². The summed E-state index contributed by atoms with van der Waals surface area (Å²) >= 11 is 0. The van der Waals surface area contributed by atoms with Crippen molar-refractivity contribution in [1.82, 2.24) is 0 Å². The molecular weight excluding hydrogens is 172 g/mol. The molecule has 0 N–H and O–H groups in total. The Bertz CT molecular complexity index is 324. The first-order valence-electron chi connectivity index (χ1n) is 5.56. The van der Waals surface area contributed by atoms with E-state index in [1.165, 1.54) is 18.4 Å². The summed E-state index contributed by atoms with van der Waals surface area (Å²) in [5, 5.41) is 0. The van der Waals surface area contributed by atoms with Crippen LogP contribution in [0.3, 0.4) is 0 Å². The average molecular weight is 188 g/mol. The third-order valence-electron chi connectivity index (χ3n) is 3.58. The predicted molar refractivity (Wildman–Crippen MR) is 56.9 cm³/mol. The molecule has 1 heteroatoms. The number of hydrogen-bond acceptors (Lipinski definition) is 1. The highest BCUT2D eigenvalue weighted by Crippen LogP contribution is 2.42. The van der Waals surface area contributed by atoms with Crippen molar-refractivity contribution in [3.63, 3.8) is 0 Å². The van der Waals surface area contributed by atoms with E-state index in [4.69, 9.17) is 4.74 Å². The van der Waals surface area contributed by atoms with Crippen LogP contribution in [0.1, 0.15) is 19.8 Å². The molecule has 0 spiro atoms. The summed E-state index contributed by atoms with van der Waals surface area (Å²) in [4.78, 5) is 0. The standard InChI is InChI=1S/C13H16O/c1-9-5-4-7-11-10-6-2-3-8-12(10)14-13(9)11/h2,4-7,9-10,12-13H,3,8H2,1H3. The van der Waals surface area contributed by atoms with Crippen LogP contribution in [-0.4, -0.2) is 12.2 Å². The van der Waals surface area contributed by atoms with Crippen LogP contribution in [0.5, 0.6) is 0 Å². The maximum atomic E-state index is 6.11. The first-order chi connectivity index (χ1) is 6.86. The molecule has 3 rings (SSSR count). The molecule has 0 radical (unpaired) electrons. The molecule has 4 atom stereocenters. The van der Waals surface area contributed by atoms with Gasteiger partial charge in [-0.15, -0.1) is 0 Å². The van der Waals surface area contributed by atoms with Gasteiger partial charge in [0.1, 0.15) is 0 Å². The summed E-state index contributed by atoms with van der Waals surface area (Å²) < 4.78 is 6.11. The predicted octanol–water partition coefficient (Wildman–Crippen LogP) is 2.85. The molecular formula is C13H16O. The van der Waals surface area contributed by atoms with Crippen LogP contribution in [0.4, 0.5) is 0 Å². The summed E-state index contributed by atoms with van der Waals surface area (Å²) in [7, 11) is 0. The van der Waals surface area contributed by atoms with Crippen LogP contribution in [0.2, 0.25) is 0 Å². The SMILES string of the molecule is CC1C=CC=C2C3C=CCCC3OC21. The zero-order chi connectivity index (χ0) is 9.54. The van der Waals surface area contributed by atoms with E-state index in [0.717, 1.165) is 0 Å². The fourth-order valence-electron chi connectivity index (χ4n) is 2.82. The van der Waals surface area contributed by atoms with Gasteiger partial charge in [0.2, 0.25) is 0 Å². The molecule has 0 aromatic heterocycles. The first kappa shape index (κ1) is 8.49. The highest BCUT2D eigenvalue weighted by molar-refractivity contribution is 5.33. The van der Waals surface area contributed by atoms with Crippen molar-refractivity contribution in [3.05, 3.63) is 36.0 Å². The Morgan fingerprint density at radius 2 is 2.29 bits per heavy atom. The Balaban J connectivity index is 1.96. The Labute approximate surface area is 85.1 Å². The lowest BCUT2D eigenvalue weighted by molar-refractivity contribution is 0.0208. The van der Waals surface area contributed by atoms with E-state index in [0.29, 0.717) is 24.0 Å². The monoisotopic (exact) mass is 188 g/mol. The highest BCUT2D eigenvalue weighted by Gasteiger charge is 2.41. The fraction of sp³-hybridized carbons (Fsp3) is 0.538. The van der Waals surface area contributed by atoms with Gasteiger partial charge in [0.15, 0.2) is 0 Å². The Morgan fingerprint density at radius 3 is 3.21 bits per heavy atom. The van der Waals surface area contributed by atoms with Gasteiger partial charge in [-0.2, -0.15) is 0 Å². The third kappa shape index (κ3) is 1.12. The van der Waals surface area contributed by atoms with Gasteiger partial charge >= 0.3 is 0 Å². The molecule has 1 aliphatic heterocycles. The largest absolute Gasteiger partial charge is 0.369 e. The molecule has 2 aliphatic carbocycles. The van der Waals surface area contributed by atoms with E-state index < -0.39 is 0 Å². The summed E-state index contributed by atoms with van der Waals surface area (Å²) in [5.41, 5.74) is 1.50. The van der Waals surface area contributed by atoms with Crippen molar-refractivity contribution in [2.75, 3.05) is 0 Å². The summed E-state index contributed by atoms with van der Waals surface area (Å²) in [6, 6.07) is 0. The van der Waals surface area contributed by atoms with E-state index in [1.807, 2.05) is 0 Å². The third-order valence-corrected chi connectivity index (χ3v) is 3.58. The molecule has 1 nitrogen and oxygen atoms in total. The van der Waals surface area contributed by atoms with E-state index in [-0.39, 0.29) is 0 Å². The van der Waals surface area contributed by atoms with Crippen molar-refractivity contribution >= 4 is 0 Å². The van der Waals surface area contributed by atoms with Crippen LogP contribution in [0, 0.1) is 11.8 Å². The number of hydrogen-bond donors (Lipinski definition) is 0. The van der Waals surface area contributed by atoms with Gasteiger partial charge in [0, 0.05) is 11.8 Å². The smallest absolute Gasteiger partial charge is 0.0858 e. The van der Waals surface area contributed by atoms with Crippen LogP contribution in [0.25, 0.3) is 0 Å². The van der Waals surface area contributed by atoms with Crippen molar-refractivity contribution < 1.29 is 4.74 Å². The average Bonchev–Trinajstić information content (AvgIpc) is 2.59. The highest BCUT2D eigenvalue weighted by atomic mass is 16.5. The van der Waals surface area contributed by atoms with Crippen molar-refractivity contribution in [2.45, 2.75) is 32.0 Å². The first-order valence-corrected chi connectivity index (χ1v) is 5.56. The summed E-state index contributed by atoms with van der Waals surface area (Å²) in [6.45, 7) is 2.25. The van der Waals surface area contributed by atoms with E-state index >= 15 is 0 Å². The number of ether oxygens (including phenoxy) is 1. The van der Waals surface area contributed by atoms with Gasteiger partial charge in [-0.1, -0.05) is 37.3 Å². The Kier molecular flexibility index (Phi) is 1.88. The van der Waals surface area contributed by atoms with Gasteiger partial charge in [-0.3, -0.25) is 0 Å². The second-order valence-electron chi connectivity index (χ2n) is 4.54. The minimum Gasteiger partial charge on any atom is -0.369 e.